The van der Waals surface area contributed by atoms with Gasteiger partial charge < -0.3 is 9.47 Å². The molecule has 5 nitrogen and oxygen atoms in total. The largest absolute Gasteiger partial charge is 0.490 e. The van der Waals surface area contributed by atoms with Crippen LogP contribution in [-0.2, 0) is 11.3 Å². The fourth-order valence-electron chi connectivity index (χ4n) is 2.83. The van der Waals surface area contributed by atoms with Gasteiger partial charge >= 0.3 is 0 Å². The maximum Gasteiger partial charge on any atom is 0.293 e. The smallest absolute Gasteiger partial charge is 0.293 e. The summed E-state index contributed by atoms with van der Waals surface area (Å²) in [5, 5.41) is -0.238. The standard InChI is InChI=1S/C21H18ClFINO4S/c1-3-28-17-8-12(7-16(24)19(17)29-4-2)9-18-20(26)25(21(27)30-18)11-13-5-6-14(23)10-15(13)22/h5-10H,3-4,11H2,1-2H3/b18-9-. The number of ether oxygens (including phenoxy) is 2. The summed E-state index contributed by atoms with van der Waals surface area (Å²) in [6, 6.07) is 7.50. The van der Waals surface area contributed by atoms with E-state index in [1.54, 1.807) is 12.1 Å². The summed E-state index contributed by atoms with van der Waals surface area (Å²) in [4.78, 5) is 26.6. The van der Waals surface area contributed by atoms with Crippen LogP contribution in [0.3, 0.4) is 0 Å². The van der Waals surface area contributed by atoms with Crippen LogP contribution in [0.25, 0.3) is 6.08 Å². The van der Waals surface area contributed by atoms with Crippen LogP contribution in [-0.4, -0.2) is 29.3 Å². The molecule has 1 fully saturated rings. The lowest BCUT2D eigenvalue weighted by atomic mass is 10.1. The summed E-state index contributed by atoms with van der Waals surface area (Å²) in [6.45, 7) is 4.71. The molecule has 2 amide bonds. The third-order valence-electron chi connectivity index (χ3n) is 4.14. The Morgan fingerprint density at radius 3 is 2.57 bits per heavy atom. The van der Waals surface area contributed by atoms with Crippen molar-refractivity contribution in [3.63, 3.8) is 0 Å². The Bertz CT molecular complexity index is 1030. The number of hydrogen-bond acceptors (Lipinski definition) is 5. The normalized spacial score (nSPS) is 15.2. The van der Waals surface area contributed by atoms with E-state index in [0.717, 1.165) is 31.9 Å². The molecule has 0 bridgehead atoms. The van der Waals surface area contributed by atoms with Crippen LogP contribution in [0, 0.1) is 9.39 Å². The Labute approximate surface area is 196 Å². The Morgan fingerprint density at radius 1 is 1.17 bits per heavy atom. The molecular weight excluding hydrogens is 544 g/mol. The third-order valence-corrected chi connectivity index (χ3v) is 6.20. The number of carbonyl (C=O) groups is 2. The number of benzene rings is 2. The second kappa shape index (κ2) is 10.0. The molecule has 1 aliphatic heterocycles. The lowest BCUT2D eigenvalue weighted by Gasteiger charge is -2.14. The van der Waals surface area contributed by atoms with E-state index in [2.05, 4.69) is 22.6 Å². The van der Waals surface area contributed by atoms with Gasteiger partial charge in [-0.2, -0.15) is 0 Å². The third kappa shape index (κ3) is 5.09. The molecule has 0 N–H and O–H groups in total. The average molecular weight is 562 g/mol. The van der Waals surface area contributed by atoms with Crippen molar-refractivity contribution in [3.05, 3.63) is 60.8 Å². The van der Waals surface area contributed by atoms with E-state index in [1.807, 2.05) is 19.9 Å². The van der Waals surface area contributed by atoms with Crippen molar-refractivity contribution < 1.29 is 23.5 Å². The zero-order chi connectivity index (χ0) is 21.8. The minimum Gasteiger partial charge on any atom is -0.490 e. The van der Waals surface area contributed by atoms with Crippen molar-refractivity contribution in [3.8, 4) is 11.5 Å². The molecule has 0 saturated carbocycles. The van der Waals surface area contributed by atoms with Crippen molar-refractivity contribution in [2.24, 2.45) is 0 Å². The van der Waals surface area contributed by atoms with E-state index >= 15 is 0 Å². The highest BCUT2D eigenvalue weighted by Crippen LogP contribution is 2.38. The molecule has 158 valence electrons. The van der Waals surface area contributed by atoms with Gasteiger partial charge in [0.2, 0.25) is 0 Å². The highest BCUT2D eigenvalue weighted by Gasteiger charge is 2.35. The number of hydrogen-bond donors (Lipinski definition) is 0. The second-order valence-corrected chi connectivity index (χ2v) is 8.76. The zero-order valence-corrected chi connectivity index (χ0v) is 19.9. The number of nitrogens with zero attached hydrogens (tertiary/aromatic N) is 1. The minimum atomic E-state index is -0.479. The molecule has 1 heterocycles. The fourth-order valence-corrected chi connectivity index (χ4v) is 4.67. The van der Waals surface area contributed by atoms with E-state index in [4.69, 9.17) is 21.1 Å². The van der Waals surface area contributed by atoms with Gasteiger partial charge in [0.15, 0.2) is 11.5 Å². The maximum atomic E-state index is 13.3. The van der Waals surface area contributed by atoms with E-state index in [-0.39, 0.29) is 11.6 Å². The molecule has 0 spiro atoms. The van der Waals surface area contributed by atoms with Gasteiger partial charge in [-0.3, -0.25) is 14.5 Å². The number of amides is 2. The SMILES string of the molecule is CCOc1cc(/C=C2\SC(=O)N(Cc3ccc(F)cc3Cl)C2=O)cc(I)c1OCC. The van der Waals surface area contributed by atoms with Crippen LogP contribution in [0.2, 0.25) is 5.02 Å². The van der Waals surface area contributed by atoms with E-state index < -0.39 is 17.0 Å². The average Bonchev–Trinajstić information content (AvgIpc) is 2.94. The van der Waals surface area contributed by atoms with Crippen molar-refractivity contribution >= 4 is 63.2 Å². The van der Waals surface area contributed by atoms with Gasteiger partial charge in [-0.1, -0.05) is 17.7 Å². The minimum absolute atomic E-state index is 0.0217. The zero-order valence-electron chi connectivity index (χ0n) is 16.2. The van der Waals surface area contributed by atoms with Crippen LogP contribution in [0.5, 0.6) is 11.5 Å². The van der Waals surface area contributed by atoms with Crippen molar-refractivity contribution in [1.29, 1.82) is 0 Å². The molecule has 30 heavy (non-hydrogen) atoms. The molecule has 9 heteroatoms. The molecule has 0 aliphatic carbocycles. The number of thioether (sulfide) groups is 1. The molecule has 0 unspecified atom stereocenters. The number of carbonyl (C=O) groups excluding carboxylic acids is 2. The van der Waals surface area contributed by atoms with Gasteiger partial charge in [0.25, 0.3) is 11.1 Å². The molecular formula is C21H18ClFINO4S. The molecule has 0 aromatic heterocycles. The topological polar surface area (TPSA) is 55.8 Å². The number of imide groups is 1. The first-order valence-corrected chi connectivity index (χ1v) is 11.4. The molecule has 0 atom stereocenters. The van der Waals surface area contributed by atoms with Gasteiger partial charge in [-0.25, -0.2) is 4.39 Å². The molecule has 3 rings (SSSR count). The lowest BCUT2D eigenvalue weighted by Crippen LogP contribution is -2.27. The molecule has 1 aliphatic rings. The summed E-state index contributed by atoms with van der Waals surface area (Å²) in [5.74, 6) is 0.325. The lowest BCUT2D eigenvalue weighted by molar-refractivity contribution is -0.123. The fraction of sp³-hybridized carbons (Fsp3) is 0.238. The van der Waals surface area contributed by atoms with Crippen LogP contribution in [0.4, 0.5) is 9.18 Å². The Kier molecular flexibility index (Phi) is 7.65. The van der Waals surface area contributed by atoms with E-state index in [9.17, 15) is 14.0 Å². The Hall–Kier alpha value is -1.78. The predicted molar refractivity (Wildman–Crippen MR) is 124 cm³/mol. The van der Waals surface area contributed by atoms with Gasteiger partial charge in [-0.05, 0) is 89.7 Å². The Balaban J connectivity index is 1.88. The van der Waals surface area contributed by atoms with Crippen LogP contribution >= 0.6 is 46.0 Å². The summed E-state index contributed by atoms with van der Waals surface area (Å²) in [5.41, 5.74) is 1.22. The van der Waals surface area contributed by atoms with Crippen LogP contribution in [0.1, 0.15) is 25.0 Å². The van der Waals surface area contributed by atoms with Gasteiger partial charge in [0.1, 0.15) is 5.82 Å². The molecule has 2 aromatic rings. The monoisotopic (exact) mass is 561 g/mol. The van der Waals surface area contributed by atoms with E-state index in [0.29, 0.717) is 35.2 Å². The number of rotatable bonds is 7. The summed E-state index contributed by atoms with van der Waals surface area (Å²) in [6.07, 6.45) is 1.65. The summed E-state index contributed by atoms with van der Waals surface area (Å²) >= 11 is 9.04. The molecule has 0 radical (unpaired) electrons. The van der Waals surface area contributed by atoms with Crippen molar-refractivity contribution in [1.82, 2.24) is 4.90 Å². The summed E-state index contributed by atoms with van der Waals surface area (Å²) in [7, 11) is 0. The van der Waals surface area contributed by atoms with Crippen LogP contribution in [0.15, 0.2) is 35.2 Å². The first-order chi connectivity index (χ1) is 14.3. The van der Waals surface area contributed by atoms with Crippen LogP contribution < -0.4 is 9.47 Å². The highest BCUT2D eigenvalue weighted by atomic mass is 127. The number of halogens is 3. The Morgan fingerprint density at radius 2 is 1.90 bits per heavy atom. The summed E-state index contributed by atoms with van der Waals surface area (Å²) < 4.78 is 25.4. The second-order valence-electron chi connectivity index (χ2n) is 6.20. The predicted octanol–water partition coefficient (Wildman–Crippen LogP) is 6.12. The maximum absolute atomic E-state index is 13.3. The van der Waals surface area contributed by atoms with E-state index in [1.165, 1.54) is 12.1 Å². The first kappa shape index (κ1) is 22.9. The highest BCUT2D eigenvalue weighted by molar-refractivity contribution is 14.1. The van der Waals surface area contributed by atoms with Gasteiger partial charge in [-0.15, -0.1) is 0 Å². The van der Waals surface area contributed by atoms with Crippen molar-refractivity contribution in [2.75, 3.05) is 13.2 Å². The van der Waals surface area contributed by atoms with Gasteiger partial charge in [0, 0.05) is 5.02 Å². The van der Waals surface area contributed by atoms with Crippen molar-refractivity contribution in [2.45, 2.75) is 20.4 Å². The first-order valence-electron chi connectivity index (χ1n) is 9.12. The molecule has 2 aromatic carbocycles. The molecule has 1 saturated heterocycles. The van der Waals surface area contributed by atoms with Gasteiger partial charge in [0.05, 0.1) is 28.2 Å². The quantitative estimate of drug-likeness (QED) is 0.301.